The van der Waals surface area contributed by atoms with Crippen LogP contribution in [-0.2, 0) is 7.05 Å². The fourth-order valence-corrected chi connectivity index (χ4v) is 2.45. The van der Waals surface area contributed by atoms with Crippen LogP contribution in [0.2, 0.25) is 0 Å². The monoisotopic (exact) mass is 301 g/mol. The van der Waals surface area contributed by atoms with E-state index in [1.54, 1.807) is 0 Å². The van der Waals surface area contributed by atoms with Crippen molar-refractivity contribution in [2.75, 3.05) is 5.73 Å². The Morgan fingerprint density at radius 1 is 1.17 bits per heavy atom. The van der Waals surface area contributed by atoms with E-state index in [9.17, 15) is 0 Å². The number of hydrogen-bond acceptors (Lipinski definition) is 2. The molecule has 2 N–H and O–H groups in total. The average molecular weight is 302 g/mol. The highest BCUT2D eigenvalue weighted by atomic mass is 79.9. The summed E-state index contributed by atoms with van der Waals surface area (Å²) in [5.41, 5.74) is 9.69. The molecule has 1 aromatic heterocycles. The molecule has 0 fully saturated rings. The predicted molar refractivity (Wildman–Crippen MR) is 78.3 cm³/mol. The number of fused-ring (bicyclic) bond motifs is 1. The number of anilines is 1. The van der Waals surface area contributed by atoms with E-state index in [2.05, 4.69) is 31.5 Å². The number of hydrogen-bond donors (Lipinski definition) is 1. The summed E-state index contributed by atoms with van der Waals surface area (Å²) < 4.78 is 3.13. The molecule has 0 aliphatic carbocycles. The first-order valence-corrected chi connectivity index (χ1v) is 6.42. The normalized spacial score (nSPS) is 11.0. The molecule has 0 amide bonds. The third-order valence-corrected chi connectivity index (χ3v) is 3.48. The van der Waals surface area contributed by atoms with Gasteiger partial charge in [0.2, 0.25) is 0 Å². The Labute approximate surface area is 113 Å². The Bertz CT molecular complexity index is 731. The molecule has 3 nitrogen and oxygen atoms in total. The second-order valence-corrected chi connectivity index (χ2v) is 5.17. The molecule has 0 unspecified atom stereocenters. The van der Waals surface area contributed by atoms with E-state index in [0.717, 1.165) is 32.6 Å². The lowest BCUT2D eigenvalue weighted by Crippen LogP contribution is -1.93. The number of aryl methyl sites for hydroxylation is 1. The van der Waals surface area contributed by atoms with Gasteiger partial charge in [-0.25, -0.2) is 4.98 Å². The van der Waals surface area contributed by atoms with Gasteiger partial charge in [0.1, 0.15) is 5.82 Å². The fourth-order valence-electron chi connectivity index (χ4n) is 2.10. The third kappa shape index (κ3) is 1.78. The molecule has 0 radical (unpaired) electrons. The van der Waals surface area contributed by atoms with Gasteiger partial charge in [0, 0.05) is 22.8 Å². The van der Waals surface area contributed by atoms with E-state index in [0.29, 0.717) is 0 Å². The van der Waals surface area contributed by atoms with Crippen molar-refractivity contribution in [2.24, 2.45) is 7.05 Å². The molecule has 90 valence electrons. The van der Waals surface area contributed by atoms with E-state index < -0.39 is 0 Å². The maximum atomic E-state index is 5.82. The minimum absolute atomic E-state index is 0.751. The molecule has 18 heavy (non-hydrogen) atoms. The van der Waals surface area contributed by atoms with Gasteiger partial charge in [-0.15, -0.1) is 0 Å². The summed E-state index contributed by atoms with van der Waals surface area (Å²) in [5.74, 6) is 0.926. The summed E-state index contributed by atoms with van der Waals surface area (Å²) in [6, 6.07) is 13.9. The van der Waals surface area contributed by atoms with Crippen LogP contribution in [0.25, 0.3) is 22.4 Å². The first-order valence-electron chi connectivity index (χ1n) is 5.63. The number of aromatic nitrogens is 2. The standard InChI is InChI=1S/C14H12BrN3/c1-18-13-8-10(15)5-6-12(13)17-14(18)9-3-2-4-11(16)7-9/h2-8H,16H2,1H3. The smallest absolute Gasteiger partial charge is 0.140 e. The van der Waals surface area contributed by atoms with Gasteiger partial charge in [-0.1, -0.05) is 28.1 Å². The second kappa shape index (κ2) is 4.14. The minimum Gasteiger partial charge on any atom is -0.399 e. The quantitative estimate of drug-likeness (QED) is 0.698. The largest absolute Gasteiger partial charge is 0.399 e. The Morgan fingerprint density at radius 3 is 2.78 bits per heavy atom. The van der Waals surface area contributed by atoms with Crippen molar-refractivity contribution in [2.45, 2.75) is 0 Å². The van der Waals surface area contributed by atoms with Crippen LogP contribution in [0.4, 0.5) is 5.69 Å². The van der Waals surface area contributed by atoms with Crippen molar-refractivity contribution in [1.82, 2.24) is 9.55 Å². The highest BCUT2D eigenvalue weighted by Gasteiger charge is 2.09. The second-order valence-electron chi connectivity index (χ2n) is 4.25. The van der Waals surface area contributed by atoms with Gasteiger partial charge in [0.05, 0.1) is 11.0 Å². The van der Waals surface area contributed by atoms with Crippen LogP contribution in [0.5, 0.6) is 0 Å². The number of rotatable bonds is 1. The number of halogens is 1. The maximum absolute atomic E-state index is 5.82. The van der Waals surface area contributed by atoms with Crippen LogP contribution in [0, 0.1) is 0 Å². The van der Waals surface area contributed by atoms with E-state index >= 15 is 0 Å². The molecule has 0 bridgehead atoms. The van der Waals surface area contributed by atoms with Gasteiger partial charge in [0.25, 0.3) is 0 Å². The molecule has 3 rings (SSSR count). The van der Waals surface area contributed by atoms with Gasteiger partial charge in [-0.05, 0) is 30.3 Å². The lowest BCUT2D eigenvalue weighted by Gasteiger charge is -2.03. The average Bonchev–Trinajstić information content (AvgIpc) is 2.67. The lowest BCUT2D eigenvalue weighted by molar-refractivity contribution is 0.959. The van der Waals surface area contributed by atoms with Gasteiger partial charge in [0.15, 0.2) is 0 Å². The van der Waals surface area contributed by atoms with Crippen LogP contribution < -0.4 is 5.73 Å². The van der Waals surface area contributed by atoms with Crippen molar-refractivity contribution in [3.8, 4) is 11.4 Å². The van der Waals surface area contributed by atoms with Crippen molar-refractivity contribution < 1.29 is 0 Å². The number of imidazole rings is 1. The van der Waals surface area contributed by atoms with Crippen LogP contribution in [-0.4, -0.2) is 9.55 Å². The summed E-state index contributed by atoms with van der Waals surface area (Å²) in [6.07, 6.45) is 0. The minimum atomic E-state index is 0.751. The third-order valence-electron chi connectivity index (χ3n) is 2.99. The highest BCUT2D eigenvalue weighted by molar-refractivity contribution is 9.10. The van der Waals surface area contributed by atoms with Crippen LogP contribution in [0.3, 0.4) is 0 Å². The van der Waals surface area contributed by atoms with Gasteiger partial charge in [-0.3, -0.25) is 0 Å². The predicted octanol–water partition coefficient (Wildman–Crippen LogP) is 3.59. The Hall–Kier alpha value is -1.81. The van der Waals surface area contributed by atoms with E-state index in [1.807, 2.05) is 43.4 Å². The Morgan fingerprint density at radius 2 is 2.00 bits per heavy atom. The SMILES string of the molecule is Cn1c(-c2cccc(N)c2)nc2ccc(Br)cc21. The van der Waals surface area contributed by atoms with Crippen molar-refractivity contribution in [1.29, 1.82) is 0 Å². The van der Waals surface area contributed by atoms with Crippen LogP contribution in [0.1, 0.15) is 0 Å². The van der Waals surface area contributed by atoms with Gasteiger partial charge < -0.3 is 10.3 Å². The first-order chi connectivity index (χ1) is 8.65. The molecule has 0 atom stereocenters. The maximum Gasteiger partial charge on any atom is 0.140 e. The highest BCUT2D eigenvalue weighted by Crippen LogP contribution is 2.26. The Kier molecular flexibility index (Phi) is 2.59. The van der Waals surface area contributed by atoms with Crippen molar-refractivity contribution in [3.63, 3.8) is 0 Å². The molecule has 0 aliphatic heterocycles. The fraction of sp³-hybridized carbons (Fsp3) is 0.0714. The molecular formula is C14H12BrN3. The lowest BCUT2D eigenvalue weighted by atomic mass is 10.2. The van der Waals surface area contributed by atoms with E-state index in [1.165, 1.54) is 0 Å². The summed E-state index contributed by atoms with van der Waals surface area (Å²) in [5, 5.41) is 0. The van der Waals surface area contributed by atoms with E-state index in [-0.39, 0.29) is 0 Å². The van der Waals surface area contributed by atoms with Gasteiger partial charge >= 0.3 is 0 Å². The van der Waals surface area contributed by atoms with Crippen LogP contribution in [0.15, 0.2) is 46.9 Å². The summed E-state index contributed by atoms with van der Waals surface area (Å²) in [7, 11) is 2.01. The zero-order valence-electron chi connectivity index (χ0n) is 9.89. The molecular weight excluding hydrogens is 290 g/mol. The zero-order valence-corrected chi connectivity index (χ0v) is 11.5. The van der Waals surface area contributed by atoms with E-state index in [4.69, 9.17) is 5.73 Å². The molecule has 2 aromatic carbocycles. The molecule has 0 saturated heterocycles. The van der Waals surface area contributed by atoms with Crippen molar-refractivity contribution >= 4 is 32.7 Å². The molecule has 0 spiro atoms. The Balaban J connectivity index is 2.27. The zero-order chi connectivity index (χ0) is 12.7. The topological polar surface area (TPSA) is 43.8 Å². The van der Waals surface area contributed by atoms with Crippen molar-refractivity contribution in [3.05, 3.63) is 46.9 Å². The molecule has 4 heteroatoms. The summed E-state index contributed by atoms with van der Waals surface area (Å²) >= 11 is 3.48. The number of nitrogens with zero attached hydrogens (tertiary/aromatic N) is 2. The summed E-state index contributed by atoms with van der Waals surface area (Å²) in [4.78, 5) is 4.65. The molecule has 1 heterocycles. The van der Waals surface area contributed by atoms with Crippen LogP contribution >= 0.6 is 15.9 Å². The number of nitrogen functional groups attached to an aromatic ring is 1. The molecule has 0 saturated carbocycles. The summed E-state index contributed by atoms with van der Waals surface area (Å²) in [6.45, 7) is 0. The number of benzene rings is 2. The first kappa shape index (κ1) is 11.3. The molecule has 0 aliphatic rings. The molecule has 3 aromatic rings. The number of nitrogens with two attached hydrogens (primary N) is 1. The van der Waals surface area contributed by atoms with Gasteiger partial charge in [-0.2, -0.15) is 0 Å².